The molecule has 0 bridgehead atoms. The van der Waals surface area contributed by atoms with E-state index >= 15 is 0 Å². The molecule has 8 nitrogen and oxygen atoms in total. The van der Waals surface area contributed by atoms with Gasteiger partial charge in [0.25, 0.3) is 0 Å². The van der Waals surface area contributed by atoms with Gasteiger partial charge in [-0.15, -0.1) is 0 Å². The third-order valence-corrected chi connectivity index (χ3v) is 6.66. The molecule has 5 rings (SSSR count). The number of likely N-dealkylation sites (tertiary alicyclic amines) is 1. The first-order valence-corrected chi connectivity index (χ1v) is 11.9. The molecule has 3 aromatic rings. The van der Waals surface area contributed by atoms with Crippen molar-refractivity contribution in [2.24, 2.45) is 11.5 Å². The Hall–Kier alpha value is -3.62. The number of aromatic nitrogens is 2. The second kappa shape index (κ2) is 9.56. The van der Waals surface area contributed by atoms with Crippen molar-refractivity contribution >= 4 is 11.4 Å². The summed E-state index contributed by atoms with van der Waals surface area (Å²) in [5.74, 6) is 1.43. The van der Waals surface area contributed by atoms with Gasteiger partial charge in [-0.3, -0.25) is 14.9 Å². The normalized spacial score (nSPS) is 19.6. The average Bonchev–Trinajstić information content (AvgIpc) is 3.37. The van der Waals surface area contributed by atoms with Crippen LogP contribution in [0.25, 0.3) is 16.8 Å². The minimum Gasteiger partial charge on any atom is -0.497 e. The largest absolute Gasteiger partial charge is 0.497 e. The van der Waals surface area contributed by atoms with Crippen LogP contribution >= 0.6 is 0 Å². The van der Waals surface area contributed by atoms with Crippen LogP contribution in [0.5, 0.6) is 11.5 Å². The van der Waals surface area contributed by atoms with Crippen LogP contribution in [0.3, 0.4) is 0 Å². The third kappa shape index (κ3) is 4.94. The van der Waals surface area contributed by atoms with Crippen molar-refractivity contribution in [1.29, 1.82) is 0 Å². The van der Waals surface area contributed by atoms with Crippen molar-refractivity contribution in [1.82, 2.24) is 14.9 Å². The summed E-state index contributed by atoms with van der Waals surface area (Å²) in [4.78, 5) is 11.8. The highest BCUT2D eigenvalue weighted by Gasteiger charge is 2.31. The van der Waals surface area contributed by atoms with Gasteiger partial charge in [0.2, 0.25) is 0 Å². The summed E-state index contributed by atoms with van der Waals surface area (Å²) in [5.41, 5.74) is 18.3. The number of ether oxygens (including phenoxy) is 2. The molecule has 2 aliphatic heterocycles. The summed E-state index contributed by atoms with van der Waals surface area (Å²) >= 11 is 0. The Bertz CT molecular complexity index is 1240. The molecule has 2 aromatic heterocycles. The van der Waals surface area contributed by atoms with Gasteiger partial charge >= 0.3 is 0 Å². The van der Waals surface area contributed by atoms with E-state index in [0.717, 1.165) is 53.5 Å². The van der Waals surface area contributed by atoms with E-state index < -0.39 is 5.66 Å². The SMILES string of the molecule is COc1ccc(CC2(N)C=C(N)c3ncc(-c4ccc(CN5CCCC5)nc4)cc3N2)c(OC)c1. The smallest absolute Gasteiger partial charge is 0.125 e. The molecule has 0 aliphatic carbocycles. The van der Waals surface area contributed by atoms with E-state index in [9.17, 15) is 0 Å². The highest BCUT2D eigenvalue weighted by Crippen LogP contribution is 2.35. The monoisotopic (exact) mass is 472 g/mol. The number of fused-ring (bicyclic) bond motifs is 1. The van der Waals surface area contributed by atoms with Crippen LogP contribution in [-0.2, 0) is 13.0 Å². The number of nitrogens with zero attached hydrogens (tertiary/aromatic N) is 3. The Morgan fingerprint density at radius 1 is 1.00 bits per heavy atom. The molecule has 35 heavy (non-hydrogen) atoms. The Balaban J connectivity index is 1.37. The predicted molar refractivity (Wildman–Crippen MR) is 138 cm³/mol. The van der Waals surface area contributed by atoms with E-state index in [1.54, 1.807) is 14.2 Å². The van der Waals surface area contributed by atoms with Crippen LogP contribution in [0.4, 0.5) is 5.69 Å². The van der Waals surface area contributed by atoms with E-state index in [4.69, 9.17) is 20.9 Å². The first kappa shape index (κ1) is 23.1. The number of anilines is 1. The fourth-order valence-electron chi connectivity index (χ4n) is 4.85. The van der Waals surface area contributed by atoms with Crippen molar-refractivity contribution in [3.63, 3.8) is 0 Å². The number of nitrogens with one attached hydrogen (secondary N) is 1. The number of rotatable bonds is 7. The molecule has 0 amide bonds. The molecule has 0 saturated carbocycles. The van der Waals surface area contributed by atoms with E-state index in [1.807, 2.05) is 42.7 Å². The molecule has 4 heterocycles. The van der Waals surface area contributed by atoms with Gasteiger partial charge in [0.05, 0.1) is 31.3 Å². The summed E-state index contributed by atoms with van der Waals surface area (Å²) < 4.78 is 10.9. The van der Waals surface area contributed by atoms with Crippen LogP contribution in [0.15, 0.2) is 54.9 Å². The van der Waals surface area contributed by atoms with E-state index in [2.05, 4.69) is 32.3 Å². The maximum atomic E-state index is 6.78. The minimum absolute atomic E-state index is 0.470. The average molecular weight is 473 g/mol. The molecular formula is C27H32N6O2. The lowest BCUT2D eigenvalue weighted by Gasteiger charge is -2.34. The molecule has 1 fully saturated rings. The standard InChI is InChI=1S/C27H32N6O2/c1-34-22-8-6-18(25(12-22)35-2)13-27(29)14-23(28)26-24(32-27)11-20(16-31-26)19-5-7-21(30-15-19)17-33-9-3-4-10-33/h5-8,11-12,14-16,32H,3-4,9-10,13,17,28-29H2,1-2H3. The lowest BCUT2D eigenvalue weighted by atomic mass is 9.93. The molecule has 2 aliphatic rings. The van der Waals surface area contributed by atoms with Crippen molar-refractivity contribution < 1.29 is 9.47 Å². The van der Waals surface area contributed by atoms with Crippen LogP contribution in [0.2, 0.25) is 0 Å². The first-order valence-electron chi connectivity index (χ1n) is 11.9. The maximum absolute atomic E-state index is 6.78. The van der Waals surface area contributed by atoms with Gasteiger partial charge in [-0.2, -0.15) is 0 Å². The van der Waals surface area contributed by atoms with Crippen LogP contribution in [-0.4, -0.2) is 47.8 Å². The number of benzene rings is 1. The zero-order chi connectivity index (χ0) is 24.4. The fraction of sp³-hybridized carbons (Fsp3) is 0.333. The van der Waals surface area contributed by atoms with Crippen LogP contribution in [0, 0.1) is 0 Å². The van der Waals surface area contributed by atoms with Gasteiger partial charge < -0.3 is 26.3 Å². The molecule has 5 N–H and O–H groups in total. The third-order valence-electron chi connectivity index (χ3n) is 6.66. The molecule has 1 unspecified atom stereocenters. The van der Waals surface area contributed by atoms with Gasteiger partial charge in [0.15, 0.2) is 0 Å². The first-order chi connectivity index (χ1) is 17.0. The summed E-state index contributed by atoms with van der Waals surface area (Å²) in [6, 6.07) is 11.9. The summed E-state index contributed by atoms with van der Waals surface area (Å²) in [5, 5.41) is 3.45. The van der Waals surface area contributed by atoms with Crippen molar-refractivity contribution in [3.05, 3.63) is 71.8 Å². The zero-order valence-electron chi connectivity index (χ0n) is 20.3. The van der Waals surface area contributed by atoms with E-state index in [1.165, 1.54) is 12.8 Å². The quantitative estimate of drug-likeness (QED) is 0.480. The van der Waals surface area contributed by atoms with Gasteiger partial charge in [0.1, 0.15) is 22.9 Å². The Morgan fingerprint density at radius 3 is 2.51 bits per heavy atom. The molecule has 8 heteroatoms. The van der Waals surface area contributed by atoms with Gasteiger partial charge in [-0.25, -0.2) is 0 Å². The van der Waals surface area contributed by atoms with Gasteiger partial charge in [0, 0.05) is 42.6 Å². The molecule has 1 atom stereocenters. The molecular weight excluding hydrogens is 440 g/mol. The van der Waals surface area contributed by atoms with Crippen molar-refractivity contribution in [2.75, 3.05) is 32.6 Å². The topological polar surface area (TPSA) is 112 Å². The molecule has 0 spiro atoms. The van der Waals surface area contributed by atoms with Crippen LogP contribution < -0.4 is 26.3 Å². The summed E-state index contributed by atoms with van der Waals surface area (Å²) in [7, 11) is 3.26. The number of methoxy groups -OCH3 is 2. The number of hydrogen-bond donors (Lipinski definition) is 3. The molecule has 0 radical (unpaired) electrons. The Kier molecular flexibility index (Phi) is 6.32. The predicted octanol–water partition coefficient (Wildman–Crippen LogP) is 3.38. The Labute approximate surface area is 206 Å². The fourth-order valence-corrected chi connectivity index (χ4v) is 4.85. The highest BCUT2D eigenvalue weighted by molar-refractivity contribution is 5.80. The number of nitrogens with two attached hydrogens (primary N) is 2. The second-order valence-electron chi connectivity index (χ2n) is 9.26. The van der Waals surface area contributed by atoms with Crippen molar-refractivity contribution in [2.45, 2.75) is 31.5 Å². The number of hydrogen-bond acceptors (Lipinski definition) is 8. The summed E-state index contributed by atoms with van der Waals surface area (Å²) in [6.45, 7) is 3.21. The molecule has 182 valence electrons. The van der Waals surface area contributed by atoms with Gasteiger partial charge in [-0.1, -0.05) is 12.1 Å². The second-order valence-corrected chi connectivity index (χ2v) is 9.26. The van der Waals surface area contributed by atoms with E-state index in [0.29, 0.717) is 23.6 Å². The maximum Gasteiger partial charge on any atom is 0.125 e. The lowest BCUT2D eigenvalue weighted by Crippen LogP contribution is -2.50. The number of pyridine rings is 2. The lowest BCUT2D eigenvalue weighted by molar-refractivity contribution is 0.327. The molecule has 1 saturated heterocycles. The van der Waals surface area contributed by atoms with Crippen molar-refractivity contribution in [3.8, 4) is 22.6 Å². The van der Waals surface area contributed by atoms with Crippen LogP contribution in [0.1, 0.15) is 29.8 Å². The van der Waals surface area contributed by atoms with Gasteiger partial charge in [-0.05, 0) is 55.8 Å². The summed E-state index contributed by atoms with van der Waals surface area (Å²) in [6.07, 6.45) is 8.58. The minimum atomic E-state index is -0.906. The molecule has 1 aromatic carbocycles. The van der Waals surface area contributed by atoms with E-state index in [-0.39, 0.29) is 0 Å². The highest BCUT2D eigenvalue weighted by atomic mass is 16.5. The zero-order valence-corrected chi connectivity index (χ0v) is 20.3. The Morgan fingerprint density at radius 2 is 1.80 bits per heavy atom.